The van der Waals surface area contributed by atoms with Crippen molar-refractivity contribution in [3.05, 3.63) is 22.2 Å². The van der Waals surface area contributed by atoms with Crippen molar-refractivity contribution in [3.8, 4) is 0 Å². The van der Waals surface area contributed by atoms with E-state index in [4.69, 9.17) is 5.73 Å². The van der Waals surface area contributed by atoms with Crippen LogP contribution >= 0.6 is 11.3 Å². The van der Waals surface area contributed by atoms with Gasteiger partial charge in [0, 0.05) is 23.6 Å². The van der Waals surface area contributed by atoms with Gasteiger partial charge in [0.15, 0.2) is 6.29 Å². The average molecular weight is 256 g/mol. The van der Waals surface area contributed by atoms with Crippen molar-refractivity contribution in [2.75, 3.05) is 5.73 Å². The Hall–Kier alpha value is -1.56. The number of hydrogen-bond donors (Lipinski definition) is 1. The first-order chi connectivity index (χ1) is 7.84. The number of anilines is 1. The number of nitrogen functional groups attached to an aromatic ring is 1. The lowest BCUT2D eigenvalue weighted by Gasteiger charge is -2.13. The van der Waals surface area contributed by atoms with Gasteiger partial charge in [-0.3, -0.25) is 4.79 Å². The standard InChI is InChI=1S/C11H10F2N2OS/c1-5-3-6(11(2,12)13)8-9(14)7(4-16)17-10(8)15-5/h3-4H,14H2,1-2H3. The summed E-state index contributed by atoms with van der Waals surface area (Å²) in [5, 5.41) is 0.190. The van der Waals surface area contributed by atoms with Crippen LogP contribution in [0.3, 0.4) is 0 Å². The Morgan fingerprint density at radius 1 is 1.53 bits per heavy atom. The molecule has 17 heavy (non-hydrogen) atoms. The summed E-state index contributed by atoms with van der Waals surface area (Å²) in [4.78, 5) is 15.5. The highest BCUT2D eigenvalue weighted by molar-refractivity contribution is 7.20. The Balaban J connectivity index is 2.91. The molecule has 0 saturated heterocycles. The van der Waals surface area contributed by atoms with E-state index in [1.54, 1.807) is 6.92 Å². The molecule has 0 aliphatic carbocycles. The van der Waals surface area contributed by atoms with Gasteiger partial charge >= 0.3 is 0 Å². The van der Waals surface area contributed by atoms with Gasteiger partial charge in [0.05, 0.1) is 10.6 Å². The average Bonchev–Trinajstić information content (AvgIpc) is 2.52. The molecule has 6 heteroatoms. The van der Waals surface area contributed by atoms with Crippen LogP contribution in [0.2, 0.25) is 0 Å². The van der Waals surface area contributed by atoms with Gasteiger partial charge in [-0.1, -0.05) is 0 Å². The lowest BCUT2D eigenvalue weighted by Crippen LogP contribution is -2.09. The van der Waals surface area contributed by atoms with Crippen LogP contribution in [0.4, 0.5) is 14.5 Å². The summed E-state index contributed by atoms with van der Waals surface area (Å²) in [5.74, 6) is -3.01. The minimum absolute atomic E-state index is 0.0871. The fraction of sp³-hybridized carbons (Fsp3) is 0.273. The number of fused-ring (bicyclic) bond motifs is 1. The number of nitrogens with two attached hydrogens (primary N) is 1. The van der Waals surface area contributed by atoms with Crippen LogP contribution in [0.15, 0.2) is 6.07 Å². The lowest BCUT2D eigenvalue weighted by molar-refractivity contribution is 0.0190. The maximum absolute atomic E-state index is 13.5. The third-order valence-corrected chi connectivity index (χ3v) is 3.46. The van der Waals surface area contributed by atoms with E-state index in [0.717, 1.165) is 18.3 Å². The summed E-state index contributed by atoms with van der Waals surface area (Å²) in [7, 11) is 0. The third-order valence-electron chi connectivity index (χ3n) is 2.44. The van der Waals surface area contributed by atoms with Crippen LogP contribution in [0.25, 0.3) is 10.2 Å². The van der Waals surface area contributed by atoms with Crippen molar-refractivity contribution >= 4 is 33.5 Å². The van der Waals surface area contributed by atoms with E-state index >= 15 is 0 Å². The summed E-state index contributed by atoms with van der Waals surface area (Å²) in [5.41, 5.74) is 6.09. The molecule has 0 saturated carbocycles. The smallest absolute Gasteiger partial charge is 0.271 e. The minimum atomic E-state index is -3.01. The fourth-order valence-electron chi connectivity index (χ4n) is 1.69. The zero-order valence-electron chi connectivity index (χ0n) is 9.25. The second kappa shape index (κ2) is 3.73. The number of carbonyl (C=O) groups excluding carboxylic acids is 1. The van der Waals surface area contributed by atoms with E-state index in [-0.39, 0.29) is 21.5 Å². The maximum atomic E-state index is 13.5. The van der Waals surface area contributed by atoms with Gasteiger partial charge in [-0.25, -0.2) is 13.8 Å². The second-order valence-electron chi connectivity index (χ2n) is 3.88. The summed E-state index contributed by atoms with van der Waals surface area (Å²) in [6.07, 6.45) is 0.564. The molecule has 0 unspecified atom stereocenters. The van der Waals surface area contributed by atoms with E-state index in [9.17, 15) is 13.6 Å². The number of aromatic nitrogens is 1. The van der Waals surface area contributed by atoms with Crippen LogP contribution < -0.4 is 5.73 Å². The molecule has 0 radical (unpaired) electrons. The predicted octanol–water partition coefficient (Wildman–Crippen LogP) is 3.11. The molecule has 3 nitrogen and oxygen atoms in total. The Morgan fingerprint density at radius 2 is 2.18 bits per heavy atom. The quantitative estimate of drug-likeness (QED) is 0.840. The molecule has 90 valence electrons. The summed E-state index contributed by atoms with van der Waals surface area (Å²) in [6.45, 7) is 2.43. The molecule has 0 amide bonds. The van der Waals surface area contributed by atoms with Crippen molar-refractivity contribution < 1.29 is 13.6 Å². The number of nitrogens with zero attached hydrogens (tertiary/aromatic N) is 1. The van der Waals surface area contributed by atoms with E-state index in [1.807, 2.05) is 0 Å². The van der Waals surface area contributed by atoms with Crippen molar-refractivity contribution in [3.63, 3.8) is 0 Å². The molecule has 2 N–H and O–H groups in total. The van der Waals surface area contributed by atoms with E-state index in [0.29, 0.717) is 16.8 Å². The summed E-state index contributed by atoms with van der Waals surface area (Å²) >= 11 is 1.03. The Bertz CT molecular complexity index is 602. The second-order valence-corrected chi connectivity index (χ2v) is 4.91. The highest BCUT2D eigenvalue weighted by atomic mass is 32.1. The number of aldehydes is 1. The first kappa shape index (κ1) is 11.9. The van der Waals surface area contributed by atoms with Crippen LogP contribution in [0.1, 0.15) is 27.9 Å². The molecule has 2 rings (SSSR count). The molecule has 0 bridgehead atoms. The van der Waals surface area contributed by atoms with Gasteiger partial charge in [-0.15, -0.1) is 11.3 Å². The number of thiophene rings is 1. The van der Waals surface area contributed by atoms with Gasteiger partial charge in [0.2, 0.25) is 0 Å². The molecule has 0 fully saturated rings. The van der Waals surface area contributed by atoms with Gasteiger partial charge in [0.25, 0.3) is 5.92 Å². The Kier molecular flexibility index (Phi) is 2.61. The summed E-state index contributed by atoms with van der Waals surface area (Å²) < 4.78 is 27.0. The molecule has 0 aliphatic heterocycles. The first-order valence-corrected chi connectivity index (χ1v) is 5.69. The van der Waals surface area contributed by atoms with Crippen LogP contribution in [0, 0.1) is 6.92 Å². The van der Waals surface area contributed by atoms with Crippen molar-refractivity contribution in [1.29, 1.82) is 0 Å². The van der Waals surface area contributed by atoms with Crippen molar-refractivity contribution in [2.24, 2.45) is 0 Å². The SMILES string of the molecule is Cc1cc(C(C)(F)F)c2c(N)c(C=O)sc2n1. The molecule has 0 spiro atoms. The number of hydrogen-bond acceptors (Lipinski definition) is 4. The van der Waals surface area contributed by atoms with Gasteiger partial charge in [-0.05, 0) is 13.0 Å². The predicted molar refractivity (Wildman–Crippen MR) is 63.7 cm³/mol. The fourth-order valence-corrected chi connectivity index (χ4v) is 2.67. The number of rotatable bonds is 2. The van der Waals surface area contributed by atoms with Crippen molar-refractivity contribution in [2.45, 2.75) is 19.8 Å². The molecule has 2 aromatic rings. The van der Waals surface area contributed by atoms with Crippen LogP contribution in [0.5, 0.6) is 0 Å². The molecule has 2 heterocycles. The third kappa shape index (κ3) is 1.88. The Labute approximate surface area is 100 Å². The zero-order valence-corrected chi connectivity index (χ0v) is 10.1. The number of carbonyl (C=O) groups is 1. The van der Waals surface area contributed by atoms with Gasteiger partial charge in [-0.2, -0.15) is 0 Å². The maximum Gasteiger partial charge on any atom is 0.271 e. The molecular weight excluding hydrogens is 246 g/mol. The largest absolute Gasteiger partial charge is 0.397 e. The molecule has 0 aromatic carbocycles. The number of alkyl halides is 2. The topological polar surface area (TPSA) is 56.0 Å². The van der Waals surface area contributed by atoms with E-state index < -0.39 is 5.92 Å². The lowest BCUT2D eigenvalue weighted by atomic mass is 10.1. The summed E-state index contributed by atoms with van der Waals surface area (Å²) in [6, 6.07) is 1.31. The van der Waals surface area contributed by atoms with Gasteiger partial charge < -0.3 is 5.73 Å². The minimum Gasteiger partial charge on any atom is -0.397 e. The van der Waals surface area contributed by atoms with Gasteiger partial charge in [0.1, 0.15) is 4.83 Å². The number of halogens is 2. The zero-order chi connectivity index (χ0) is 12.8. The molecule has 2 aromatic heterocycles. The molecular formula is C11H10F2N2OS. The highest BCUT2D eigenvalue weighted by Crippen LogP contribution is 2.40. The van der Waals surface area contributed by atoms with Crippen LogP contribution in [-0.2, 0) is 5.92 Å². The van der Waals surface area contributed by atoms with Crippen molar-refractivity contribution in [1.82, 2.24) is 4.98 Å². The van der Waals surface area contributed by atoms with Crippen LogP contribution in [-0.4, -0.2) is 11.3 Å². The normalized spacial score (nSPS) is 12.0. The number of pyridine rings is 1. The Morgan fingerprint density at radius 3 is 2.71 bits per heavy atom. The van der Waals surface area contributed by atoms with E-state index in [2.05, 4.69) is 4.98 Å². The molecule has 0 aliphatic rings. The first-order valence-electron chi connectivity index (χ1n) is 4.87. The highest BCUT2D eigenvalue weighted by Gasteiger charge is 2.30. The molecule has 0 atom stereocenters. The monoisotopic (exact) mass is 256 g/mol. The number of aryl methyl sites for hydroxylation is 1. The van der Waals surface area contributed by atoms with E-state index in [1.165, 1.54) is 6.07 Å².